The van der Waals surface area contributed by atoms with Crippen LogP contribution in [0.15, 0.2) is 0 Å². The summed E-state index contributed by atoms with van der Waals surface area (Å²) in [5, 5.41) is 3.33. The van der Waals surface area contributed by atoms with Crippen molar-refractivity contribution in [1.82, 2.24) is 10.2 Å². The van der Waals surface area contributed by atoms with E-state index in [-0.39, 0.29) is 0 Å². The zero-order valence-electron chi connectivity index (χ0n) is 11.0. The molecule has 0 saturated carbocycles. The zero-order chi connectivity index (χ0) is 12.5. The van der Waals surface area contributed by atoms with Crippen LogP contribution in [-0.2, 0) is 4.74 Å². The van der Waals surface area contributed by atoms with Gasteiger partial charge in [0.1, 0.15) is 0 Å². The monoisotopic (exact) mass is 278 g/mol. The van der Waals surface area contributed by atoms with E-state index in [0.717, 1.165) is 38.0 Å². The van der Waals surface area contributed by atoms with Gasteiger partial charge >= 0.3 is 0 Å². The molecule has 102 valence electrons. The molecule has 0 unspecified atom stereocenters. The van der Waals surface area contributed by atoms with Crippen LogP contribution in [0.25, 0.3) is 0 Å². The maximum atomic E-state index is 5.74. The lowest BCUT2D eigenvalue weighted by Gasteiger charge is -2.33. The fraction of sp³-hybridized carbons (Fsp3) is 1.00. The third kappa shape index (κ3) is 7.57. The molecule has 1 aliphatic heterocycles. The number of morpholine rings is 1. The van der Waals surface area contributed by atoms with E-state index >= 15 is 0 Å². The molecule has 1 fully saturated rings. The maximum absolute atomic E-state index is 5.74. The van der Waals surface area contributed by atoms with E-state index in [1.807, 2.05) is 0 Å². The van der Waals surface area contributed by atoms with Gasteiger partial charge in [-0.25, -0.2) is 0 Å². The first-order valence-electron chi connectivity index (χ1n) is 6.53. The van der Waals surface area contributed by atoms with Crippen LogP contribution in [0.1, 0.15) is 26.7 Å². The van der Waals surface area contributed by atoms with Crippen molar-refractivity contribution in [2.24, 2.45) is 5.92 Å². The molecule has 0 radical (unpaired) electrons. The van der Waals surface area contributed by atoms with Gasteiger partial charge in [0, 0.05) is 19.6 Å². The molecule has 1 rings (SSSR count). The zero-order valence-corrected chi connectivity index (χ0v) is 12.7. The summed E-state index contributed by atoms with van der Waals surface area (Å²) < 4.78 is 5.74. The first-order valence-corrected chi connectivity index (χ1v) is 8.57. The molecule has 1 saturated heterocycles. The van der Waals surface area contributed by atoms with Crippen LogP contribution in [0.2, 0.25) is 0 Å². The normalized spacial score (nSPS) is 22.2. The number of hydrogen-bond acceptors (Lipinski definition) is 5. The molecule has 1 aliphatic rings. The van der Waals surface area contributed by atoms with E-state index in [1.54, 1.807) is 0 Å². The van der Waals surface area contributed by atoms with Gasteiger partial charge in [-0.3, -0.25) is 4.90 Å². The van der Waals surface area contributed by atoms with Gasteiger partial charge in [0.2, 0.25) is 0 Å². The quantitative estimate of drug-likeness (QED) is 0.308. The van der Waals surface area contributed by atoms with Gasteiger partial charge in [-0.2, -0.15) is 0 Å². The summed E-state index contributed by atoms with van der Waals surface area (Å²) in [6.07, 6.45) is 2.99. The average Bonchev–Trinajstić information content (AvgIpc) is 2.29. The van der Waals surface area contributed by atoms with E-state index in [9.17, 15) is 0 Å². The van der Waals surface area contributed by atoms with Crippen LogP contribution in [0.3, 0.4) is 0 Å². The van der Waals surface area contributed by atoms with Crippen LogP contribution in [-0.4, -0.2) is 49.7 Å². The van der Waals surface area contributed by atoms with E-state index in [0.29, 0.717) is 6.10 Å². The van der Waals surface area contributed by atoms with E-state index in [2.05, 4.69) is 35.7 Å². The van der Waals surface area contributed by atoms with Gasteiger partial charge in [0.05, 0.1) is 18.6 Å². The molecule has 0 aromatic rings. The van der Waals surface area contributed by atoms with Gasteiger partial charge in [0.25, 0.3) is 0 Å². The smallest absolute Gasteiger partial charge is 0.0827 e. The number of nitrogens with zero attached hydrogens (tertiary/aromatic N) is 1. The minimum Gasteiger partial charge on any atom is -0.374 e. The topological polar surface area (TPSA) is 24.5 Å². The number of thiol groups is 1. The van der Waals surface area contributed by atoms with Crippen LogP contribution in [0, 0.1) is 5.92 Å². The predicted octanol–water partition coefficient (Wildman–Crippen LogP) is 2.25. The molecular formula is C12H26N2OS2. The van der Waals surface area contributed by atoms with Gasteiger partial charge in [-0.15, -0.1) is 11.7 Å². The Kier molecular flexibility index (Phi) is 8.74. The Bertz CT molecular complexity index is 193. The Balaban J connectivity index is 2.10. The highest BCUT2D eigenvalue weighted by Crippen LogP contribution is 2.09. The molecule has 0 aromatic heterocycles. The van der Waals surface area contributed by atoms with Crippen LogP contribution in [0.5, 0.6) is 0 Å². The highest BCUT2D eigenvalue weighted by Gasteiger charge is 2.19. The van der Waals surface area contributed by atoms with E-state index in [1.165, 1.54) is 30.2 Å². The van der Waals surface area contributed by atoms with Crippen molar-refractivity contribution in [1.29, 1.82) is 0 Å². The Morgan fingerprint density at radius 3 is 3.06 bits per heavy atom. The average molecular weight is 278 g/mol. The second-order valence-electron chi connectivity index (χ2n) is 5.06. The molecule has 3 nitrogen and oxygen atoms in total. The van der Waals surface area contributed by atoms with Gasteiger partial charge in [-0.05, 0) is 25.3 Å². The molecule has 5 heteroatoms. The second kappa shape index (κ2) is 9.50. The highest BCUT2D eigenvalue weighted by atomic mass is 33.1. The lowest BCUT2D eigenvalue weighted by atomic mass is 10.1. The van der Waals surface area contributed by atoms with E-state index < -0.39 is 0 Å². The van der Waals surface area contributed by atoms with E-state index in [4.69, 9.17) is 4.74 Å². The summed E-state index contributed by atoms with van der Waals surface area (Å²) in [5.74, 6) is 1.71. The lowest BCUT2D eigenvalue weighted by molar-refractivity contribution is -0.0269. The van der Waals surface area contributed by atoms with Crippen molar-refractivity contribution in [2.75, 3.05) is 38.7 Å². The number of rotatable bonds is 8. The Morgan fingerprint density at radius 2 is 2.35 bits per heavy atom. The van der Waals surface area contributed by atoms with Crippen molar-refractivity contribution in [3.63, 3.8) is 0 Å². The van der Waals surface area contributed by atoms with Crippen molar-refractivity contribution >= 4 is 22.5 Å². The molecule has 1 heterocycles. The van der Waals surface area contributed by atoms with Gasteiger partial charge < -0.3 is 10.1 Å². The molecule has 0 bridgehead atoms. The summed E-state index contributed by atoms with van der Waals surface area (Å²) in [7, 11) is 1.52. The molecule has 1 N–H and O–H groups in total. The summed E-state index contributed by atoms with van der Waals surface area (Å²) in [6, 6.07) is 0. The van der Waals surface area contributed by atoms with Crippen molar-refractivity contribution in [3.8, 4) is 0 Å². The van der Waals surface area contributed by atoms with Crippen LogP contribution in [0.4, 0.5) is 0 Å². The minimum absolute atomic E-state index is 0.350. The molecule has 1 atom stereocenters. The van der Waals surface area contributed by atoms with Crippen molar-refractivity contribution in [3.05, 3.63) is 0 Å². The standard InChI is InChI=1S/C12H26N2OS2/c1-11(2)4-3-5-14-6-7-15-12(9-14)8-13-10-17-16/h11-13,16H,3-10H2,1-2H3/t12-/m1/s1. The Labute approximate surface area is 115 Å². The molecular weight excluding hydrogens is 252 g/mol. The maximum Gasteiger partial charge on any atom is 0.0827 e. The molecule has 0 aliphatic carbocycles. The molecule has 0 amide bonds. The highest BCUT2D eigenvalue weighted by molar-refractivity contribution is 8.68. The third-order valence-corrected chi connectivity index (χ3v) is 3.74. The van der Waals surface area contributed by atoms with Gasteiger partial charge in [-0.1, -0.05) is 24.6 Å². The third-order valence-electron chi connectivity index (χ3n) is 3.02. The lowest BCUT2D eigenvalue weighted by Crippen LogP contribution is -2.46. The predicted molar refractivity (Wildman–Crippen MR) is 79.7 cm³/mol. The largest absolute Gasteiger partial charge is 0.374 e. The number of hydrogen-bond donors (Lipinski definition) is 2. The SMILES string of the molecule is CC(C)CCCN1CCO[C@H](CNCSS)C1. The minimum atomic E-state index is 0.350. The van der Waals surface area contributed by atoms with Crippen molar-refractivity contribution < 1.29 is 4.74 Å². The second-order valence-corrected chi connectivity index (χ2v) is 6.38. The summed E-state index contributed by atoms with van der Waals surface area (Å²) in [4.78, 5) is 2.53. The molecule has 0 spiro atoms. The van der Waals surface area contributed by atoms with Gasteiger partial charge in [0.15, 0.2) is 0 Å². The first-order chi connectivity index (χ1) is 8.22. The Morgan fingerprint density at radius 1 is 1.53 bits per heavy atom. The first kappa shape index (κ1) is 15.6. The van der Waals surface area contributed by atoms with Crippen LogP contribution >= 0.6 is 22.5 Å². The van der Waals surface area contributed by atoms with Crippen molar-refractivity contribution in [2.45, 2.75) is 32.8 Å². The molecule has 17 heavy (non-hydrogen) atoms. The number of ether oxygens (including phenoxy) is 1. The molecule has 0 aromatic carbocycles. The Hall–Kier alpha value is 0.580. The van der Waals surface area contributed by atoms with Crippen LogP contribution < -0.4 is 5.32 Å². The fourth-order valence-electron chi connectivity index (χ4n) is 2.10. The number of nitrogens with one attached hydrogen (secondary N) is 1. The summed E-state index contributed by atoms with van der Waals surface area (Å²) in [5.41, 5.74) is 0. The fourth-order valence-corrected chi connectivity index (χ4v) is 2.58. The summed E-state index contributed by atoms with van der Waals surface area (Å²) >= 11 is 4.10. The summed E-state index contributed by atoms with van der Waals surface area (Å²) in [6.45, 7) is 9.79.